The Balaban J connectivity index is 1.27. The van der Waals surface area contributed by atoms with E-state index in [-0.39, 0.29) is 23.9 Å². The van der Waals surface area contributed by atoms with Gasteiger partial charge in [-0.3, -0.25) is 4.79 Å². The van der Waals surface area contributed by atoms with Crippen molar-refractivity contribution in [2.45, 2.75) is 38.8 Å². The molecular formula is C20H27N7OS. The van der Waals surface area contributed by atoms with Gasteiger partial charge in [-0.1, -0.05) is 30.3 Å². The van der Waals surface area contributed by atoms with Crippen molar-refractivity contribution in [3.63, 3.8) is 0 Å². The maximum atomic E-state index is 12.5. The van der Waals surface area contributed by atoms with E-state index in [1.807, 2.05) is 11.0 Å². The third-order valence-electron chi connectivity index (χ3n) is 6.23. The van der Waals surface area contributed by atoms with E-state index in [4.69, 9.17) is 12.2 Å². The van der Waals surface area contributed by atoms with Crippen LogP contribution in [0.4, 0.5) is 0 Å². The van der Waals surface area contributed by atoms with E-state index < -0.39 is 0 Å². The van der Waals surface area contributed by atoms with Gasteiger partial charge in [0, 0.05) is 26.2 Å². The summed E-state index contributed by atoms with van der Waals surface area (Å²) in [7, 11) is 0. The number of thiocarbonyl (C=S) groups is 1. The molecule has 2 aromatic rings. The Morgan fingerprint density at radius 3 is 2.52 bits per heavy atom. The lowest BCUT2D eigenvalue weighted by Gasteiger charge is -2.39. The SMILES string of the molecule is CC(NC(=S)N1CCC2(CCN(C(=O)Cn3cnnn3)CC2)C1)c1ccccc1. The minimum absolute atomic E-state index is 0.0795. The molecule has 0 bridgehead atoms. The first kappa shape index (κ1) is 19.8. The normalized spacial score (nSPS) is 19.3. The maximum absolute atomic E-state index is 12.5. The molecular weight excluding hydrogens is 386 g/mol. The van der Waals surface area contributed by atoms with Gasteiger partial charge >= 0.3 is 0 Å². The number of amides is 1. The van der Waals surface area contributed by atoms with Crippen LogP contribution in [0.1, 0.15) is 37.8 Å². The van der Waals surface area contributed by atoms with Gasteiger partial charge in [0.25, 0.3) is 0 Å². The molecule has 1 amide bonds. The second kappa shape index (κ2) is 8.44. The van der Waals surface area contributed by atoms with Crippen LogP contribution in [0, 0.1) is 5.41 Å². The highest BCUT2D eigenvalue weighted by atomic mass is 32.1. The van der Waals surface area contributed by atoms with Crippen LogP contribution in [0.2, 0.25) is 0 Å². The molecule has 1 N–H and O–H groups in total. The van der Waals surface area contributed by atoms with Crippen LogP contribution >= 0.6 is 12.2 Å². The van der Waals surface area contributed by atoms with Gasteiger partial charge in [-0.05, 0) is 59.8 Å². The average molecular weight is 414 g/mol. The van der Waals surface area contributed by atoms with Crippen molar-refractivity contribution in [2.75, 3.05) is 26.2 Å². The minimum Gasteiger partial charge on any atom is -0.356 e. The van der Waals surface area contributed by atoms with Crippen LogP contribution in [0.3, 0.4) is 0 Å². The van der Waals surface area contributed by atoms with Crippen molar-refractivity contribution in [2.24, 2.45) is 5.41 Å². The fourth-order valence-electron chi connectivity index (χ4n) is 4.34. The third-order valence-corrected chi connectivity index (χ3v) is 6.61. The summed E-state index contributed by atoms with van der Waals surface area (Å²) in [5.74, 6) is 0.0795. The summed E-state index contributed by atoms with van der Waals surface area (Å²) >= 11 is 5.70. The molecule has 2 aliphatic heterocycles. The number of hydrogen-bond acceptors (Lipinski definition) is 5. The predicted octanol–water partition coefficient (Wildman–Crippen LogP) is 1.62. The lowest BCUT2D eigenvalue weighted by molar-refractivity contribution is -0.134. The zero-order valence-corrected chi connectivity index (χ0v) is 17.5. The lowest BCUT2D eigenvalue weighted by Crippen LogP contribution is -2.46. The van der Waals surface area contributed by atoms with Crippen molar-refractivity contribution < 1.29 is 4.79 Å². The molecule has 0 radical (unpaired) electrons. The molecule has 0 saturated carbocycles. The molecule has 1 atom stereocenters. The van der Waals surface area contributed by atoms with Crippen LogP contribution in [-0.4, -0.2) is 67.2 Å². The standard InChI is InChI=1S/C20H27N7OS/c1-16(17-5-3-2-4-6-17)22-19(29)26-12-9-20(14-26)7-10-25(11-8-20)18(28)13-27-15-21-23-24-27/h2-6,15-16H,7-14H2,1H3,(H,22,29). The van der Waals surface area contributed by atoms with Gasteiger partial charge in [-0.15, -0.1) is 5.10 Å². The lowest BCUT2D eigenvalue weighted by atomic mass is 9.78. The Morgan fingerprint density at radius 2 is 1.86 bits per heavy atom. The fourth-order valence-corrected chi connectivity index (χ4v) is 4.67. The quantitative estimate of drug-likeness (QED) is 0.763. The Labute approximate surface area is 176 Å². The zero-order valence-electron chi connectivity index (χ0n) is 16.7. The number of nitrogens with one attached hydrogen (secondary N) is 1. The molecule has 0 aliphatic carbocycles. The van der Waals surface area contributed by atoms with Gasteiger partial charge in [0.15, 0.2) is 5.11 Å². The summed E-state index contributed by atoms with van der Waals surface area (Å²) in [6.45, 7) is 5.87. The van der Waals surface area contributed by atoms with Gasteiger partial charge < -0.3 is 15.1 Å². The fraction of sp³-hybridized carbons (Fsp3) is 0.550. The van der Waals surface area contributed by atoms with E-state index in [0.717, 1.165) is 50.6 Å². The number of likely N-dealkylation sites (tertiary alicyclic amines) is 2. The molecule has 29 heavy (non-hydrogen) atoms. The molecule has 1 aromatic heterocycles. The largest absolute Gasteiger partial charge is 0.356 e. The van der Waals surface area contributed by atoms with Crippen LogP contribution in [0.5, 0.6) is 0 Å². The first-order valence-corrected chi connectivity index (χ1v) is 10.5. The number of tetrazole rings is 1. The van der Waals surface area contributed by atoms with E-state index in [2.05, 4.69) is 56.9 Å². The van der Waals surface area contributed by atoms with Crippen molar-refractivity contribution in [3.05, 3.63) is 42.2 Å². The summed E-state index contributed by atoms with van der Waals surface area (Å²) in [5.41, 5.74) is 1.49. The maximum Gasteiger partial charge on any atom is 0.244 e. The monoisotopic (exact) mass is 413 g/mol. The molecule has 4 rings (SSSR count). The summed E-state index contributed by atoms with van der Waals surface area (Å²) < 4.78 is 1.47. The van der Waals surface area contributed by atoms with Gasteiger partial charge in [-0.25, -0.2) is 4.68 Å². The number of hydrogen-bond donors (Lipinski definition) is 1. The van der Waals surface area contributed by atoms with Crippen molar-refractivity contribution >= 4 is 23.2 Å². The van der Waals surface area contributed by atoms with Crippen LogP contribution in [0.25, 0.3) is 0 Å². The number of piperidine rings is 1. The highest BCUT2D eigenvalue weighted by Crippen LogP contribution is 2.40. The van der Waals surface area contributed by atoms with Gasteiger partial charge in [0.2, 0.25) is 5.91 Å². The number of carbonyl (C=O) groups excluding carboxylic acids is 1. The Bertz CT molecular complexity index is 834. The van der Waals surface area contributed by atoms with Crippen LogP contribution < -0.4 is 5.32 Å². The molecule has 2 saturated heterocycles. The summed E-state index contributed by atoms with van der Waals surface area (Å²) in [4.78, 5) is 16.7. The van der Waals surface area contributed by atoms with Gasteiger partial charge in [0.1, 0.15) is 12.9 Å². The van der Waals surface area contributed by atoms with Crippen LogP contribution in [0.15, 0.2) is 36.7 Å². The van der Waals surface area contributed by atoms with Gasteiger partial charge in [-0.2, -0.15) is 0 Å². The Kier molecular flexibility index (Phi) is 5.75. The molecule has 2 aliphatic rings. The summed E-state index contributed by atoms with van der Waals surface area (Å²) in [6, 6.07) is 10.6. The summed E-state index contributed by atoms with van der Waals surface area (Å²) in [6.07, 6.45) is 4.63. The first-order valence-electron chi connectivity index (χ1n) is 10.1. The Hall–Kier alpha value is -2.55. The average Bonchev–Trinajstić information content (AvgIpc) is 3.39. The van der Waals surface area contributed by atoms with E-state index in [9.17, 15) is 4.79 Å². The molecule has 1 unspecified atom stereocenters. The Morgan fingerprint density at radius 1 is 1.17 bits per heavy atom. The number of benzene rings is 1. The van der Waals surface area contributed by atoms with E-state index >= 15 is 0 Å². The molecule has 2 fully saturated rings. The molecule has 3 heterocycles. The topological polar surface area (TPSA) is 79.2 Å². The second-order valence-corrected chi connectivity index (χ2v) is 8.53. The smallest absolute Gasteiger partial charge is 0.244 e. The molecule has 1 spiro atoms. The molecule has 1 aromatic carbocycles. The number of rotatable bonds is 4. The van der Waals surface area contributed by atoms with E-state index in [1.54, 1.807) is 0 Å². The van der Waals surface area contributed by atoms with E-state index in [1.165, 1.54) is 16.6 Å². The van der Waals surface area contributed by atoms with Crippen molar-refractivity contribution in [3.8, 4) is 0 Å². The number of nitrogens with zero attached hydrogens (tertiary/aromatic N) is 6. The van der Waals surface area contributed by atoms with Crippen molar-refractivity contribution in [1.29, 1.82) is 0 Å². The first-order chi connectivity index (χ1) is 14.0. The highest BCUT2D eigenvalue weighted by molar-refractivity contribution is 7.80. The van der Waals surface area contributed by atoms with Crippen LogP contribution in [-0.2, 0) is 11.3 Å². The molecule has 154 valence electrons. The zero-order chi connectivity index (χ0) is 20.3. The van der Waals surface area contributed by atoms with Crippen molar-refractivity contribution in [1.82, 2.24) is 35.3 Å². The molecule has 9 heteroatoms. The van der Waals surface area contributed by atoms with E-state index in [0.29, 0.717) is 0 Å². The minimum atomic E-state index is 0.0795. The second-order valence-electron chi connectivity index (χ2n) is 8.14. The highest BCUT2D eigenvalue weighted by Gasteiger charge is 2.42. The predicted molar refractivity (Wildman–Crippen MR) is 113 cm³/mol. The number of aromatic nitrogens is 4. The van der Waals surface area contributed by atoms with Gasteiger partial charge in [0.05, 0.1) is 6.04 Å². The summed E-state index contributed by atoms with van der Waals surface area (Å²) in [5, 5.41) is 15.3. The molecule has 8 nitrogen and oxygen atoms in total. The number of carbonyl (C=O) groups is 1. The third kappa shape index (κ3) is 4.55.